The number of aliphatic hydroxyl groups excluding tert-OH is 2. The largest absolute Gasteiger partial charge is 0.394 e. The third kappa shape index (κ3) is 2.76. The van der Waals surface area contributed by atoms with Gasteiger partial charge in [-0.2, -0.15) is 0 Å². The first-order valence-electron chi connectivity index (χ1n) is 3.72. The fourth-order valence-corrected chi connectivity index (χ4v) is 1.02. The van der Waals surface area contributed by atoms with Gasteiger partial charge in [0.15, 0.2) is 0 Å². The van der Waals surface area contributed by atoms with Gasteiger partial charge < -0.3 is 10.2 Å². The molecule has 5 nitrogen and oxygen atoms in total. The Morgan fingerprint density at radius 1 is 1.69 bits per heavy atom. The van der Waals surface area contributed by atoms with Crippen molar-refractivity contribution in [2.75, 3.05) is 6.61 Å². The first-order valence-corrected chi connectivity index (χ1v) is 4.13. The molecule has 0 saturated heterocycles. The first-order chi connectivity index (χ1) is 6.13. The van der Waals surface area contributed by atoms with E-state index in [1.54, 1.807) is 6.07 Å². The minimum atomic E-state index is -0.929. The van der Waals surface area contributed by atoms with Crippen molar-refractivity contribution < 1.29 is 10.2 Å². The number of nitrogens with zero attached hydrogens (tertiary/aromatic N) is 1. The average Bonchev–Trinajstić information content (AvgIpc) is 2.09. The maximum absolute atomic E-state index is 11.1. The summed E-state index contributed by atoms with van der Waals surface area (Å²) in [6.07, 6.45) is 0.544. The van der Waals surface area contributed by atoms with Gasteiger partial charge in [0.2, 0.25) is 0 Å². The summed E-state index contributed by atoms with van der Waals surface area (Å²) in [6, 6.07) is 1.54. The molecule has 0 aliphatic heterocycles. The summed E-state index contributed by atoms with van der Waals surface area (Å²) in [7, 11) is 0. The van der Waals surface area contributed by atoms with Crippen LogP contribution in [-0.4, -0.2) is 32.5 Å². The van der Waals surface area contributed by atoms with Gasteiger partial charge in [-0.05, 0) is 6.07 Å². The zero-order valence-corrected chi connectivity index (χ0v) is 7.62. The van der Waals surface area contributed by atoms with E-state index in [4.69, 9.17) is 22.4 Å². The van der Waals surface area contributed by atoms with Crippen molar-refractivity contribution >= 4 is 12.2 Å². The van der Waals surface area contributed by atoms with E-state index in [9.17, 15) is 4.79 Å². The summed E-state index contributed by atoms with van der Waals surface area (Å²) < 4.78 is 1.59. The van der Waals surface area contributed by atoms with E-state index in [0.717, 1.165) is 0 Å². The fourth-order valence-electron chi connectivity index (χ4n) is 0.873. The Bertz CT molecular complexity index is 384. The van der Waals surface area contributed by atoms with E-state index in [2.05, 4.69) is 4.98 Å². The van der Waals surface area contributed by atoms with Gasteiger partial charge in [0, 0.05) is 6.20 Å². The van der Waals surface area contributed by atoms with Crippen LogP contribution in [0.15, 0.2) is 17.1 Å². The van der Waals surface area contributed by atoms with E-state index in [1.807, 2.05) is 0 Å². The Balaban J connectivity index is 2.90. The molecule has 0 aromatic carbocycles. The van der Waals surface area contributed by atoms with Crippen molar-refractivity contribution in [3.8, 4) is 0 Å². The summed E-state index contributed by atoms with van der Waals surface area (Å²) in [5.74, 6) is 0. The summed E-state index contributed by atoms with van der Waals surface area (Å²) in [5.41, 5.74) is -0.389. The van der Waals surface area contributed by atoms with Crippen LogP contribution in [0.2, 0.25) is 0 Å². The molecule has 13 heavy (non-hydrogen) atoms. The molecule has 6 heteroatoms. The highest BCUT2D eigenvalue weighted by molar-refractivity contribution is 7.71. The molecule has 1 heterocycles. The summed E-state index contributed by atoms with van der Waals surface area (Å²) in [4.78, 5) is 13.5. The lowest BCUT2D eigenvalue weighted by Gasteiger charge is -2.08. The number of aromatic amines is 1. The Morgan fingerprint density at radius 3 is 2.92 bits per heavy atom. The van der Waals surface area contributed by atoms with Crippen LogP contribution >= 0.6 is 12.2 Å². The third-order valence-corrected chi connectivity index (χ3v) is 1.75. The predicted octanol–water partition coefficient (Wildman–Crippen LogP) is -0.741. The van der Waals surface area contributed by atoms with E-state index in [1.165, 1.54) is 10.8 Å². The van der Waals surface area contributed by atoms with Gasteiger partial charge in [-0.15, -0.1) is 0 Å². The minimum absolute atomic E-state index is 0.0570. The topological polar surface area (TPSA) is 78.2 Å². The number of hydrogen-bond donors (Lipinski definition) is 3. The second-order valence-corrected chi connectivity index (χ2v) is 3.04. The number of H-pyrrole nitrogens is 1. The van der Waals surface area contributed by atoms with Gasteiger partial charge in [0.25, 0.3) is 0 Å². The summed E-state index contributed by atoms with van der Waals surface area (Å²) >= 11 is 4.72. The molecule has 0 aliphatic rings. The molecule has 0 amide bonds. The Hall–Kier alpha value is -0.980. The molecule has 1 aromatic rings. The molecular weight excluding hydrogens is 192 g/mol. The highest BCUT2D eigenvalue weighted by Crippen LogP contribution is 1.87. The quantitative estimate of drug-likeness (QED) is 0.564. The van der Waals surface area contributed by atoms with Crippen molar-refractivity contribution in [2.45, 2.75) is 12.6 Å². The SMILES string of the molecule is O=c1[nH]c(=S)ccn1CC(O)CO. The molecular formula is C7H10N2O3S. The number of rotatable bonds is 3. The third-order valence-electron chi connectivity index (χ3n) is 1.52. The van der Waals surface area contributed by atoms with Crippen LogP contribution in [0.5, 0.6) is 0 Å². The van der Waals surface area contributed by atoms with Gasteiger partial charge in [0.05, 0.1) is 19.3 Å². The van der Waals surface area contributed by atoms with Crippen molar-refractivity contribution in [3.05, 3.63) is 27.4 Å². The van der Waals surface area contributed by atoms with Crippen molar-refractivity contribution in [1.29, 1.82) is 0 Å². The Labute approximate surface area is 79.3 Å². The molecule has 1 unspecified atom stereocenters. The average molecular weight is 202 g/mol. The molecule has 72 valence electrons. The van der Waals surface area contributed by atoms with Gasteiger partial charge in [-0.3, -0.25) is 9.55 Å². The lowest BCUT2D eigenvalue weighted by atomic mass is 10.4. The number of nitrogens with one attached hydrogen (secondary N) is 1. The van der Waals surface area contributed by atoms with Crippen LogP contribution in [-0.2, 0) is 6.54 Å². The molecule has 0 spiro atoms. The second-order valence-electron chi connectivity index (χ2n) is 2.60. The molecule has 1 rings (SSSR count). The highest BCUT2D eigenvalue weighted by atomic mass is 32.1. The highest BCUT2D eigenvalue weighted by Gasteiger charge is 2.03. The molecule has 3 N–H and O–H groups in total. The van der Waals surface area contributed by atoms with E-state index >= 15 is 0 Å². The Kier molecular flexibility index (Phi) is 3.35. The smallest absolute Gasteiger partial charge is 0.326 e. The first kappa shape index (κ1) is 10.1. The van der Waals surface area contributed by atoms with Crippen LogP contribution in [0.4, 0.5) is 0 Å². The van der Waals surface area contributed by atoms with E-state index in [-0.39, 0.29) is 18.8 Å². The standard InChI is InChI=1S/C7H10N2O3S/c10-4-5(11)3-9-2-1-6(13)8-7(9)12/h1-2,5,10-11H,3-4H2,(H,8,12,13). The van der Waals surface area contributed by atoms with Crippen molar-refractivity contribution in [3.63, 3.8) is 0 Å². The van der Waals surface area contributed by atoms with Gasteiger partial charge in [-0.1, -0.05) is 12.2 Å². The van der Waals surface area contributed by atoms with Gasteiger partial charge in [0.1, 0.15) is 4.64 Å². The monoisotopic (exact) mass is 202 g/mol. The number of aromatic nitrogens is 2. The van der Waals surface area contributed by atoms with Crippen LogP contribution in [0.25, 0.3) is 0 Å². The normalized spacial score (nSPS) is 12.8. The fraction of sp³-hybridized carbons (Fsp3) is 0.429. The molecule has 0 radical (unpaired) electrons. The molecule has 0 saturated carbocycles. The van der Waals surface area contributed by atoms with Crippen LogP contribution in [0, 0.1) is 4.64 Å². The second kappa shape index (κ2) is 4.31. The molecule has 0 fully saturated rings. The van der Waals surface area contributed by atoms with E-state index < -0.39 is 6.10 Å². The van der Waals surface area contributed by atoms with Crippen molar-refractivity contribution in [2.24, 2.45) is 0 Å². The maximum Gasteiger partial charge on any atom is 0.326 e. The molecule has 0 aliphatic carbocycles. The lowest BCUT2D eigenvalue weighted by molar-refractivity contribution is 0.0800. The van der Waals surface area contributed by atoms with Crippen LogP contribution in [0.3, 0.4) is 0 Å². The van der Waals surface area contributed by atoms with Gasteiger partial charge in [-0.25, -0.2) is 4.79 Å². The predicted molar refractivity (Wildman–Crippen MR) is 49.0 cm³/mol. The minimum Gasteiger partial charge on any atom is -0.394 e. The number of aliphatic hydroxyl groups is 2. The van der Waals surface area contributed by atoms with E-state index in [0.29, 0.717) is 4.64 Å². The molecule has 0 bridgehead atoms. The van der Waals surface area contributed by atoms with Crippen LogP contribution in [0.1, 0.15) is 0 Å². The maximum atomic E-state index is 11.1. The van der Waals surface area contributed by atoms with Crippen molar-refractivity contribution in [1.82, 2.24) is 9.55 Å². The lowest BCUT2D eigenvalue weighted by Crippen LogP contribution is -2.29. The molecule has 1 atom stereocenters. The number of hydrogen-bond acceptors (Lipinski definition) is 4. The van der Waals surface area contributed by atoms with Gasteiger partial charge >= 0.3 is 5.69 Å². The summed E-state index contributed by atoms with van der Waals surface area (Å²) in [5, 5.41) is 17.6. The summed E-state index contributed by atoms with van der Waals surface area (Å²) in [6.45, 7) is -0.316. The Morgan fingerprint density at radius 2 is 2.38 bits per heavy atom. The zero-order chi connectivity index (χ0) is 9.84. The van der Waals surface area contributed by atoms with Crippen LogP contribution < -0.4 is 5.69 Å². The molecule has 1 aromatic heterocycles. The zero-order valence-electron chi connectivity index (χ0n) is 6.80.